The summed E-state index contributed by atoms with van der Waals surface area (Å²) < 4.78 is 0. The number of pyridine rings is 2. The second kappa shape index (κ2) is 17.5. The zero-order valence-electron chi connectivity index (χ0n) is 26.6. The lowest BCUT2D eigenvalue weighted by Gasteiger charge is -2.10. The Hall–Kier alpha value is -3.56. The smallest absolute Gasteiger partial charge is 0.0702 e. The average Bonchev–Trinajstić information content (AvgIpc) is 3.43. The summed E-state index contributed by atoms with van der Waals surface area (Å²) in [6, 6.07) is 29.8. The molecule has 0 N–H and O–H groups in total. The highest BCUT2D eigenvalue weighted by atomic mass is 32.1. The molecule has 0 saturated carbocycles. The third-order valence-electron chi connectivity index (χ3n) is 7.94. The number of thiophene rings is 1. The molecule has 2 nitrogen and oxygen atoms in total. The van der Waals surface area contributed by atoms with Crippen LogP contribution in [-0.4, -0.2) is 9.97 Å². The summed E-state index contributed by atoms with van der Waals surface area (Å²) in [4.78, 5) is 11.9. The van der Waals surface area contributed by atoms with Crippen molar-refractivity contribution in [2.45, 2.75) is 91.9 Å². The van der Waals surface area contributed by atoms with Gasteiger partial charge < -0.3 is 0 Å². The van der Waals surface area contributed by atoms with Crippen molar-refractivity contribution in [1.82, 2.24) is 9.97 Å². The standard InChI is InChI=1S/C29H39NS.C11H9N/c1-5-7-9-11-13-24-20-25(16-15-22(24)3)28-18-17-27(21-30-28)29-26(19-23(4)31-29)14-12-10-8-6-2;1-2-6-10(7-3-1)11-8-4-5-9-12-11/h15-21H,5-14H2,1-4H3;1-9H. The van der Waals surface area contributed by atoms with Gasteiger partial charge in [-0.25, -0.2) is 0 Å². The van der Waals surface area contributed by atoms with Crippen LogP contribution in [0.1, 0.15) is 86.8 Å². The van der Waals surface area contributed by atoms with E-state index in [1.807, 2.05) is 53.9 Å². The van der Waals surface area contributed by atoms with Crippen molar-refractivity contribution < 1.29 is 0 Å². The van der Waals surface area contributed by atoms with Crippen LogP contribution in [0.3, 0.4) is 0 Å². The molecule has 0 aliphatic carbocycles. The van der Waals surface area contributed by atoms with Gasteiger partial charge in [0.25, 0.3) is 0 Å². The first kappa shape index (κ1) is 32.4. The highest BCUT2D eigenvalue weighted by Crippen LogP contribution is 2.34. The van der Waals surface area contributed by atoms with Gasteiger partial charge in [-0.3, -0.25) is 9.97 Å². The van der Waals surface area contributed by atoms with Crippen LogP contribution in [0, 0.1) is 13.8 Å². The minimum atomic E-state index is 1.03. The molecule has 0 aliphatic rings. The van der Waals surface area contributed by atoms with Crippen molar-refractivity contribution in [2.75, 3.05) is 0 Å². The van der Waals surface area contributed by atoms with E-state index in [2.05, 4.69) is 87.4 Å². The van der Waals surface area contributed by atoms with Crippen LogP contribution in [-0.2, 0) is 12.8 Å². The van der Waals surface area contributed by atoms with Crippen LogP contribution in [0.4, 0.5) is 0 Å². The molecule has 43 heavy (non-hydrogen) atoms. The number of benzene rings is 2. The minimum Gasteiger partial charge on any atom is -0.256 e. The largest absolute Gasteiger partial charge is 0.256 e. The third kappa shape index (κ3) is 10.0. The molecule has 0 unspecified atom stereocenters. The first-order valence-corrected chi connectivity index (χ1v) is 17.0. The van der Waals surface area contributed by atoms with Gasteiger partial charge in [-0.1, -0.05) is 101 Å². The fourth-order valence-corrected chi connectivity index (χ4v) is 6.48. The number of unbranched alkanes of at least 4 members (excludes halogenated alkanes) is 6. The van der Waals surface area contributed by atoms with Gasteiger partial charge in [0.15, 0.2) is 0 Å². The fraction of sp³-hybridized carbons (Fsp3) is 0.350. The van der Waals surface area contributed by atoms with E-state index in [1.165, 1.54) is 102 Å². The molecule has 0 spiro atoms. The van der Waals surface area contributed by atoms with Crippen molar-refractivity contribution >= 4 is 11.3 Å². The van der Waals surface area contributed by atoms with E-state index in [9.17, 15) is 0 Å². The van der Waals surface area contributed by atoms with Gasteiger partial charge in [0.2, 0.25) is 0 Å². The Balaban J connectivity index is 0.000000292. The topological polar surface area (TPSA) is 25.8 Å². The maximum Gasteiger partial charge on any atom is 0.0702 e. The molecular formula is C40H48N2S. The molecular weight excluding hydrogens is 541 g/mol. The fourth-order valence-electron chi connectivity index (χ4n) is 5.42. The van der Waals surface area contributed by atoms with Gasteiger partial charge in [0, 0.05) is 38.8 Å². The molecule has 0 bridgehead atoms. The van der Waals surface area contributed by atoms with Gasteiger partial charge >= 0.3 is 0 Å². The lowest BCUT2D eigenvalue weighted by atomic mass is 9.97. The van der Waals surface area contributed by atoms with E-state index in [4.69, 9.17) is 4.98 Å². The van der Waals surface area contributed by atoms with Gasteiger partial charge in [0.1, 0.15) is 0 Å². The number of nitrogens with zero attached hydrogens (tertiary/aromatic N) is 2. The lowest BCUT2D eigenvalue weighted by molar-refractivity contribution is 0.666. The predicted molar refractivity (Wildman–Crippen MR) is 188 cm³/mol. The zero-order chi connectivity index (χ0) is 30.3. The second-order valence-corrected chi connectivity index (χ2v) is 12.7. The van der Waals surface area contributed by atoms with Crippen molar-refractivity contribution in [3.8, 4) is 33.0 Å². The van der Waals surface area contributed by atoms with E-state index in [0.29, 0.717) is 0 Å². The van der Waals surface area contributed by atoms with Crippen molar-refractivity contribution in [2.24, 2.45) is 0 Å². The molecule has 5 rings (SSSR count). The summed E-state index contributed by atoms with van der Waals surface area (Å²) in [5.74, 6) is 0. The van der Waals surface area contributed by atoms with E-state index in [1.54, 1.807) is 0 Å². The predicted octanol–water partition coefficient (Wildman–Crippen LogP) is 12.1. The molecule has 0 saturated heterocycles. The number of aryl methyl sites for hydroxylation is 4. The quantitative estimate of drug-likeness (QED) is 0.128. The summed E-state index contributed by atoms with van der Waals surface area (Å²) in [6.07, 6.45) is 16.7. The number of rotatable bonds is 13. The van der Waals surface area contributed by atoms with Crippen LogP contribution in [0.5, 0.6) is 0 Å². The molecule has 3 aromatic heterocycles. The molecule has 3 heteroatoms. The van der Waals surface area contributed by atoms with Gasteiger partial charge in [-0.05, 0) is 92.6 Å². The van der Waals surface area contributed by atoms with E-state index >= 15 is 0 Å². The van der Waals surface area contributed by atoms with Gasteiger partial charge in [0.05, 0.1) is 11.4 Å². The Kier molecular flexibility index (Phi) is 13.2. The SMILES string of the molecule is CCCCCCc1cc(-c2ccc(-c3sc(C)cc3CCCCCC)cn2)ccc1C.c1ccc(-c2ccccn2)cc1. The summed E-state index contributed by atoms with van der Waals surface area (Å²) in [7, 11) is 0. The molecule has 3 heterocycles. The summed E-state index contributed by atoms with van der Waals surface area (Å²) in [5, 5.41) is 0. The van der Waals surface area contributed by atoms with Crippen LogP contribution < -0.4 is 0 Å². The highest BCUT2D eigenvalue weighted by Gasteiger charge is 2.11. The van der Waals surface area contributed by atoms with Gasteiger partial charge in [-0.15, -0.1) is 11.3 Å². The summed E-state index contributed by atoms with van der Waals surface area (Å²) >= 11 is 1.91. The van der Waals surface area contributed by atoms with E-state index in [-0.39, 0.29) is 0 Å². The second-order valence-electron chi connectivity index (χ2n) is 11.5. The van der Waals surface area contributed by atoms with Crippen molar-refractivity contribution in [1.29, 1.82) is 0 Å². The van der Waals surface area contributed by atoms with Crippen molar-refractivity contribution in [3.63, 3.8) is 0 Å². The van der Waals surface area contributed by atoms with Gasteiger partial charge in [-0.2, -0.15) is 0 Å². The number of hydrogen-bond donors (Lipinski definition) is 0. The first-order valence-electron chi connectivity index (χ1n) is 16.2. The summed E-state index contributed by atoms with van der Waals surface area (Å²) in [5.41, 5.74) is 10.1. The monoisotopic (exact) mass is 588 g/mol. The molecule has 0 atom stereocenters. The Morgan fingerprint density at radius 1 is 0.558 bits per heavy atom. The van der Waals surface area contributed by atoms with Crippen LogP contribution in [0.25, 0.3) is 33.0 Å². The van der Waals surface area contributed by atoms with Crippen LogP contribution in [0.15, 0.2) is 97.3 Å². The maximum atomic E-state index is 4.87. The Morgan fingerprint density at radius 2 is 1.23 bits per heavy atom. The van der Waals surface area contributed by atoms with Crippen LogP contribution in [0.2, 0.25) is 0 Å². The Labute approximate surface area is 264 Å². The molecule has 224 valence electrons. The molecule has 0 amide bonds. The molecule has 0 radical (unpaired) electrons. The van der Waals surface area contributed by atoms with Crippen LogP contribution >= 0.6 is 11.3 Å². The highest BCUT2D eigenvalue weighted by molar-refractivity contribution is 7.15. The van der Waals surface area contributed by atoms with Crippen molar-refractivity contribution in [3.05, 3.63) is 119 Å². The maximum absolute atomic E-state index is 4.87. The molecule has 0 aliphatic heterocycles. The number of hydrogen-bond acceptors (Lipinski definition) is 3. The third-order valence-corrected chi connectivity index (χ3v) is 9.08. The molecule has 5 aromatic rings. The normalized spacial score (nSPS) is 10.8. The Morgan fingerprint density at radius 3 is 1.88 bits per heavy atom. The van der Waals surface area contributed by atoms with E-state index < -0.39 is 0 Å². The minimum absolute atomic E-state index is 1.03. The average molecular weight is 589 g/mol. The first-order chi connectivity index (χ1) is 21.1. The zero-order valence-corrected chi connectivity index (χ0v) is 27.4. The summed E-state index contributed by atoms with van der Waals surface area (Å²) in [6.45, 7) is 9.00. The molecule has 2 aromatic carbocycles. The lowest BCUT2D eigenvalue weighted by Crippen LogP contribution is -1.93. The van der Waals surface area contributed by atoms with E-state index in [0.717, 1.165) is 17.0 Å². The molecule has 0 fully saturated rings. The number of aromatic nitrogens is 2. The Bertz CT molecular complexity index is 1450.